The summed E-state index contributed by atoms with van der Waals surface area (Å²) in [5.41, 5.74) is 1.11. The van der Waals surface area contributed by atoms with Crippen molar-refractivity contribution in [2.24, 2.45) is 10.4 Å². The van der Waals surface area contributed by atoms with Gasteiger partial charge in [-0.3, -0.25) is 9.79 Å². The molecule has 0 saturated carbocycles. The first kappa shape index (κ1) is 18.6. The minimum atomic E-state index is 0.0106. The molecule has 1 aliphatic heterocycles. The lowest BCUT2D eigenvalue weighted by atomic mass is 9.93. The van der Waals surface area contributed by atoms with E-state index in [9.17, 15) is 4.79 Å². The number of amides is 1. The van der Waals surface area contributed by atoms with Crippen molar-refractivity contribution in [2.75, 3.05) is 32.0 Å². The summed E-state index contributed by atoms with van der Waals surface area (Å²) in [5, 5.41) is 6.89. The second kappa shape index (κ2) is 8.38. The van der Waals surface area contributed by atoms with E-state index in [0.717, 1.165) is 37.7 Å². The fraction of sp³-hybridized carbons (Fsp3) is 0.556. The first-order valence-electron chi connectivity index (χ1n) is 8.41. The lowest BCUT2D eigenvalue weighted by molar-refractivity contribution is -0.116. The van der Waals surface area contributed by atoms with Crippen LogP contribution in [0.15, 0.2) is 29.3 Å². The highest BCUT2D eigenvalue weighted by atomic mass is 35.5. The Balaban J connectivity index is 1.68. The van der Waals surface area contributed by atoms with E-state index in [0.29, 0.717) is 16.9 Å². The summed E-state index contributed by atoms with van der Waals surface area (Å²) in [6.07, 6.45) is 2.41. The minimum Gasteiger partial charge on any atom is -0.356 e. The molecule has 0 spiro atoms. The molecule has 0 atom stereocenters. The number of hydrogen-bond donors (Lipinski definition) is 2. The number of guanidine groups is 1. The smallest absolute Gasteiger partial charge is 0.224 e. The van der Waals surface area contributed by atoms with Crippen LogP contribution in [0.3, 0.4) is 0 Å². The van der Waals surface area contributed by atoms with Crippen LogP contribution in [0.2, 0.25) is 5.02 Å². The predicted octanol–water partition coefficient (Wildman–Crippen LogP) is 3.37. The number of carbonyl (C=O) groups excluding carboxylic acids is 1. The molecular formula is C18H27ClN4O. The number of nitrogens with zero attached hydrogens (tertiary/aromatic N) is 2. The molecule has 1 aromatic carbocycles. The molecule has 2 rings (SSSR count). The fourth-order valence-electron chi connectivity index (χ4n) is 2.83. The highest BCUT2D eigenvalue weighted by Crippen LogP contribution is 2.28. The maximum Gasteiger partial charge on any atom is 0.224 e. The van der Waals surface area contributed by atoms with Crippen LogP contribution in [-0.2, 0) is 4.79 Å². The third-order valence-electron chi connectivity index (χ3n) is 4.18. The Morgan fingerprint density at radius 2 is 2.04 bits per heavy atom. The van der Waals surface area contributed by atoms with Crippen LogP contribution < -0.4 is 10.6 Å². The van der Waals surface area contributed by atoms with Gasteiger partial charge in [0, 0.05) is 43.8 Å². The van der Waals surface area contributed by atoms with Gasteiger partial charge in [-0.1, -0.05) is 25.4 Å². The van der Waals surface area contributed by atoms with Gasteiger partial charge in [-0.05, 0) is 42.5 Å². The maximum absolute atomic E-state index is 11.9. The van der Waals surface area contributed by atoms with E-state index in [-0.39, 0.29) is 5.91 Å². The lowest BCUT2D eigenvalue weighted by Crippen LogP contribution is -2.41. The topological polar surface area (TPSA) is 56.7 Å². The Morgan fingerprint density at radius 3 is 2.62 bits per heavy atom. The number of likely N-dealkylation sites (tertiary alicyclic amines) is 1. The number of anilines is 1. The van der Waals surface area contributed by atoms with Crippen molar-refractivity contribution in [3.05, 3.63) is 29.3 Å². The number of hydrogen-bond acceptors (Lipinski definition) is 2. The molecule has 5 nitrogen and oxygen atoms in total. The normalized spacial score (nSPS) is 17.0. The summed E-state index contributed by atoms with van der Waals surface area (Å²) in [4.78, 5) is 18.6. The monoisotopic (exact) mass is 350 g/mol. The van der Waals surface area contributed by atoms with Crippen molar-refractivity contribution in [1.29, 1.82) is 0 Å². The number of halogens is 1. The molecule has 1 aromatic rings. The quantitative estimate of drug-likeness (QED) is 0.486. The molecule has 0 radical (unpaired) electrons. The average Bonchev–Trinajstić information content (AvgIpc) is 2.89. The molecule has 1 saturated heterocycles. The van der Waals surface area contributed by atoms with Crippen molar-refractivity contribution in [1.82, 2.24) is 10.2 Å². The summed E-state index contributed by atoms with van der Waals surface area (Å²) in [6, 6.07) is 7.13. The van der Waals surface area contributed by atoms with Crippen LogP contribution in [0.1, 0.15) is 33.1 Å². The number of aliphatic imine (C=N–C) groups is 1. The Labute approximate surface area is 149 Å². The van der Waals surface area contributed by atoms with Gasteiger partial charge in [0.05, 0.1) is 0 Å². The first-order chi connectivity index (χ1) is 11.4. The van der Waals surface area contributed by atoms with Crippen LogP contribution in [0.25, 0.3) is 0 Å². The van der Waals surface area contributed by atoms with Gasteiger partial charge in [-0.15, -0.1) is 0 Å². The molecule has 0 aromatic heterocycles. The standard InChI is InChI=1S/C18H27ClN4O/c1-18(2)10-12-23(13-18)17(20-3)21-11-4-5-16(24)22-15-8-6-14(19)7-9-15/h6-9H,4-5,10-13H2,1-3H3,(H,20,21)(H,22,24). The van der Waals surface area contributed by atoms with E-state index in [2.05, 4.69) is 34.4 Å². The third-order valence-corrected chi connectivity index (χ3v) is 4.43. The number of carbonyl (C=O) groups is 1. The van der Waals surface area contributed by atoms with E-state index in [1.807, 2.05) is 0 Å². The predicted molar refractivity (Wildman–Crippen MR) is 101 cm³/mol. The average molecular weight is 351 g/mol. The molecule has 2 N–H and O–H groups in total. The number of benzene rings is 1. The Bertz CT molecular complexity index is 583. The van der Waals surface area contributed by atoms with Crippen LogP contribution in [0.4, 0.5) is 5.69 Å². The molecule has 0 aliphatic carbocycles. The van der Waals surface area contributed by atoms with Crippen molar-refractivity contribution in [3.63, 3.8) is 0 Å². The van der Waals surface area contributed by atoms with Gasteiger partial charge in [0.25, 0.3) is 0 Å². The van der Waals surface area contributed by atoms with Gasteiger partial charge in [0.1, 0.15) is 0 Å². The van der Waals surface area contributed by atoms with Crippen molar-refractivity contribution >= 4 is 29.2 Å². The minimum absolute atomic E-state index is 0.0106. The zero-order valence-corrected chi connectivity index (χ0v) is 15.5. The fourth-order valence-corrected chi connectivity index (χ4v) is 2.96. The lowest BCUT2D eigenvalue weighted by Gasteiger charge is -2.23. The zero-order valence-electron chi connectivity index (χ0n) is 14.7. The summed E-state index contributed by atoms with van der Waals surface area (Å²) < 4.78 is 0. The Morgan fingerprint density at radius 1 is 1.33 bits per heavy atom. The largest absolute Gasteiger partial charge is 0.356 e. The molecule has 0 unspecified atom stereocenters. The molecule has 1 heterocycles. The van der Waals surface area contributed by atoms with Gasteiger partial charge in [-0.25, -0.2) is 0 Å². The zero-order chi connectivity index (χ0) is 17.6. The van der Waals surface area contributed by atoms with Crippen molar-refractivity contribution < 1.29 is 4.79 Å². The third kappa shape index (κ3) is 5.71. The van der Waals surface area contributed by atoms with Crippen LogP contribution in [-0.4, -0.2) is 43.4 Å². The Kier molecular flexibility index (Phi) is 6.49. The van der Waals surface area contributed by atoms with E-state index in [1.165, 1.54) is 6.42 Å². The summed E-state index contributed by atoms with van der Waals surface area (Å²) in [7, 11) is 1.81. The number of nitrogens with one attached hydrogen (secondary N) is 2. The first-order valence-corrected chi connectivity index (χ1v) is 8.78. The molecular weight excluding hydrogens is 324 g/mol. The molecule has 1 aliphatic rings. The molecule has 1 fully saturated rings. The molecule has 6 heteroatoms. The van der Waals surface area contributed by atoms with Crippen LogP contribution in [0, 0.1) is 5.41 Å². The van der Waals surface area contributed by atoms with Crippen LogP contribution in [0.5, 0.6) is 0 Å². The second-order valence-corrected chi connectivity index (χ2v) is 7.40. The molecule has 132 valence electrons. The van der Waals surface area contributed by atoms with Gasteiger partial charge in [0.15, 0.2) is 5.96 Å². The Hall–Kier alpha value is -1.75. The SMILES string of the molecule is CN=C(NCCCC(=O)Nc1ccc(Cl)cc1)N1CCC(C)(C)C1. The van der Waals surface area contributed by atoms with Gasteiger partial charge >= 0.3 is 0 Å². The molecule has 1 amide bonds. The number of rotatable bonds is 5. The maximum atomic E-state index is 11.9. The van der Waals surface area contributed by atoms with E-state index < -0.39 is 0 Å². The van der Waals surface area contributed by atoms with E-state index >= 15 is 0 Å². The highest BCUT2D eigenvalue weighted by molar-refractivity contribution is 6.30. The molecule has 0 bridgehead atoms. The van der Waals surface area contributed by atoms with Crippen molar-refractivity contribution in [2.45, 2.75) is 33.1 Å². The summed E-state index contributed by atoms with van der Waals surface area (Å²) >= 11 is 5.83. The van der Waals surface area contributed by atoms with E-state index in [1.54, 1.807) is 31.3 Å². The van der Waals surface area contributed by atoms with Crippen LogP contribution >= 0.6 is 11.6 Å². The molecule has 24 heavy (non-hydrogen) atoms. The summed E-state index contributed by atoms with van der Waals surface area (Å²) in [5.74, 6) is 0.940. The van der Waals surface area contributed by atoms with Gasteiger partial charge in [-0.2, -0.15) is 0 Å². The second-order valence-electron chi connectivity index (χ2n) is 6.97. The summed E-state index contributed by atoms with van der Waals surface area (Å²) in [6.45, 7) is 7.34. The highest BCUT2D eigenvalue weighted by Gasteiger charge is 2.30. The van der Waals surface area contributed by atoms with Gasteiger partial charge in [0.2, 0.25) is 5.91 Å². The van der Waals surface area contributed by atoms with Gasteiger partial charge < -0.3 is 15.5 Å². The van der Waals surface area contributed by atoms with E-state index in [4.69, 9.17) is 11.6 Å². The van der Waals surface area contributed by atoms with Crippen molar-refractivity contribution in [3.8, 4) is 0 Å².